The van der Waals surface area contributed by atoms with Crippen molar-refractivity contribution in [3.63, 3.8) is 0 Å². The average molecular weight is 446 g/mol. The van der Waals surface area contributed by atoms with Gasteiger partial charge >= 0.3 is 0 Å². The van der Waals surface area contributed by atoms with Gasteiger partial charge in [0.1, 0.15) is 6.10 Å². The number of piperazine rings is 1. The van der Waals surface area contributed by atoms with E-state index in [1.165, 1.54) is 12.8 Å². The van der Waals surface area contributed by atoms with Crippen molar-refractivity contribution in [1.29, 1.82) is 0 Å². The molecule has 3 rings (SSSR count). The number of para-hydroxylation sites is 2. The Hall–Kier alpha value is -2.48. The summed E-state index contributed by atoms with van der Waals surface area (Å²) < 4.78 is 11.4. The Balaban J connectivity index is 1.41. The number of nitrogens with zero attached hydrogens (tertiary/aromatic N) is 4. The van der Waals surface area contributed by atoms with Gasteiger partial charge < -0.3 is 24.6 Å². The van der Waals surface area contributed by atoms with Crippen LogP contribution in [-0.2, 0) is 4.79 Å². The molecule has 0 aliphatic carbocycles. The molecule has 2 aliphatic rings. The third-order valence-electron chi connectivity index (χ3n) is 6.15. The lowest BCUT2D eigenvalue weighted by Gasteiger charge is -2.37. The van der Waals surface area contributed by atoms with Gasteiger partial charge in [0.05, 0.1) is 20.2 Å². The lowest BCUT2D eigenvalue weighted by atomic mass is 10.2. The number of carbonyl (C=O) groups excluding carboxylic acids is 1. The monoisotopic (exact) mass is 445 g/mol. The molecule has 1 aromatic carbocycles. The average Bonchev–Trinajstić information content (AvgIpc) is 3.10. The Morgan fingerprint density at radius 3 is 2.28 bits per heavy atom. The van der Waals surface area contributed by atoms with E-state index in [0.717, 1.165) is 69.6 Å². The number of amides is 1. The van der Waals surface area contributed by atoms with Gasteiger partial charge in [-0.1, -0.05) is 25.0 Å². The van der Waals surface area contributed by atoms with Crippen LogP contribution >= 0.6 is 0 Å². The normalized spacial score (nSPS) is 19.3. The van der Waals surface area contributed by atoms with Crippen LogP contribution in [0, 0.1) is 0 Å². The van der Waals surface area contributed by atoms with E-state index < -0.39 is 0 Å². The second-order valence-corrected chi connectivity index (χ2v) is 8.57. The van der Waals surface area contributed by atoms with Gasteiger partial charge in [-0.2, -0.15) is 0 Å². The van der Waals surface area contributed by atoms with E-state index in [1.54, 1.807) is 7.11 Å². The maximum atomic E-state index is 12.7. The van der Waals surface area contributed by atoms with E-state index in [9.17, 15) is 4.79 Å². The molecular formula is C24H39N5O3. The summed E-state index contributed by atoms with van der Waals surface area (Å²) in [6, 6.07) is 7.67. The number of likely N-dealkylation sites (tertiary alicyclic amines) is 1. The second-order valence-electron chi connectivity index (χ2n) is 8.57. The number of hydrogen-bond donors (Lipinski definition) is 1. The first-order valence-electron chi connectivity index (χ1n) is 11.9. The highest BCUT2D eigenvalue weighted by Crippen LogP contribution is 2.26. The summed E-state index contributed by atoms with van der Waals surface area (Å²) in [5, 5.41) is 3.43. The predicted molar refractivity (Wildman–Crippen MR) is 128 cm³/mol. The van der Waals surface area contributed by atoms with Gasteiger partial charge in [0.2, 0.25) is 5.91 Å². The van der Waals surface area contributed by atoms with Gasteiger partial charge in [0, 0.05) is 46.3 Å². The van der Waals surface area contributed by atoms with Crippen molar-refractivity contribution in [2.75, 3.05) is 66.5 Å². The summed E-state index contributed by atoms with van der Waals surface area (Å²) in [6.45, 7) is 8.49. The van der Waals surface area contributed by atoms with Crippen LogP contribution in [0.3, 0.4) is 0 Å². The number of ether oxygens (including phenoxy) is 2. The van der Waals surface area contributed by atoms with E-state index in [2.05, 4.69) is 25.0 Å². The third-order valence-corrected chi connectivity index (χ3v) is 6.15. The molecule has 1 amide bonds. The molecule has 0 saturated carbocycles. The Morgan fingerprint density at radius 1 is 1.00 bits per heavy atom. The molecule has 0 aromatic heterocycles. The number of hydrogen-bond acceptors (Lipinski definition) is 5. The molecular weight excluding hydrogens is 406 g/mol. The summed E-state index contributed by atoms with van der Waals surface area (Å²) in [7, 11) is 3.46. The van der Waals surface area contributed by atoms with Gasteiger partial charge in [-0.25, -0.2) is 0 Å². The van der Waals surface area contributed by atoms with Crippen molar-refractivity contribution in [3.8, 4) is 11.5 Å². The minimum Gasteiger partial charge on any atom is -0.493 e. The molecule has 1 unspecified atom stereocenters. The van der Waals surface area contributed by atoms with Crippen molar-refractivity contribution in [2.45, 2.75) is 38.7 Å². The quantitative estimate of drug-likeness (QED) is 0.512. The van der Waals surface area contributed by atoms with Crippen LogP contribution < -0.4 is 14.8 Å². The molecule has 2 fully saturated rings. The van der Waals surface area contributed by atoms with Crippen LogP contribution in [-0.4, -0.2) is 99.2 Å². The number of carbonyl (C=O) groups is 1. The van der Waals surface area contributed by atoms with E-state index in [0.29, 0.717) is 13.1 Å². The van der Waals surface area contributed by atoms with E-state index in [1.807, 2.05) is 38.2 Å². The molecule has 2 heterocycles. The molecule has 0 bridgehead atoms. The number of benzene rings is 1. The third kappa shape index (κ3) is 7.02. The Morgan fingerprint density at radius 2 is 1.66 bits per heavy atom. The molecule has 2 aliphatic heterocycles. The van der Waals surface area contributed by atoms with Gasteiger partial charge in [0.25, 0.3) is 0 Å². The van der Waals surface area contributed by atoms with E-state index in [-0.39, 0.29) is 12.0 Å². The predicted octanol–water partition coefficient (Wildman–Crippen LogP) is 2.06. The lowest BCUT2D eigenvalue weighted by molar-refractivity contribution is -0.132. The minimum atomic E-state index is -0.0458. The van der Waals surface area contributed by atoms with Crippen LogP contribution in [0.15, 0.2) is 29.3 Å². The minimum absolute atomic E-state index is 0.0458. The van der Waals surface area contributed by atoms with E-state index >= 15 is 0 Å². The number of aliphatic imine (C=N–C) groups is 1. The van der Waals surface area contributed by atoms with Crippen LogP contribution in [0.1, 0.15) is 32.6 Å². The number of nitrogens with one attached hydrogen (secondary N) is 1. The fourth-order valence-corrected chi connectivity index (χ4v) is 4.27. The van der Waals surface area contributed by atoms with Crippen LogP contribution in [0.2, 0.25) is 0 Å². The number of rotatable bonds is 7. The summed E-state index contributed by atoms with van der Waals surface area (Å²) in [6.07, 6.45) is 4.73. The van der Waals surface area contributed by atoms with Crippen molar-refractivity contribution in [1.82, 2.24) is 20.0 Å². The highest BCUT2D eigenvalue weighted by atomic mass is 16.5. The van der Waals surface area contributed by atoms with E-state index in [4.69, 9.17) is 9.47 Å². The fraction of sp³-hybridized carbons (Fsp3) is 0.667. The smallest absolute Gasteiger partial charge is 0.236 e. The van der Waals surface area contributed by atoms with Crippen molar-refractivity contribution < 1.29 is 14.3 Å². The highest BCUT2D eigenvalue weighted by Gasteiger charge is 2.24. The molecule has 1 aromatic rings. The standard InChI is InChI=1S/C24H39N5O3/c1-20(32-22-11-7-6-10-21(22)31-3)18-26-24(25-2)29-16-14-27(15-17-29)19-23(30)28-12-8-4-5-9-13-28/h6-7,10-11,20H,4-5,8-9,12-19H2,1-3H3,(H,25,26). The van der Waals surface area contributed by atoms with Gasteiger partial charge in [-0.05, 0) is 31.9 Å². The lowest BCUT2D eigenvalue weighted by Crippen LogP contribution is -2.55. The molecule has 8 nitrogen and oxygen atoms in total. The number of guanidine groups is 1. The molecule has 178 valence electrons. The molecule has 0 spiro atoms. The molecule has 8 heteroatoms. The zero-order valence-corrected chi connectivity index (χ0v) is 19.9. The largest absolute Gasteiger partial charge is 0.493 e. The Bertz CT molecular complexity index is 741. The first-order chi connectivity index (χ1) is 15.6. The van der Waals surface area contributed by atoms with Crippen LogP contribution in [0.25, 0.3) is 0 Å². The molecule has 2 saturated heterocycles. The fourth-order valence-electron chi connectivity index (χ4n) is 4.27. The summed E-state index contributed by atoms with van der Waals surface area (Å²) in [5.41, 5.74) is 0. The van der Waals surface area contributed by atoms with Crippen molar-refractivity contribution >= 4 is 11.9 Å². The van der Waals surface area contributed by atoms with Crippen LogP contribution in [0.5, 0.6) is 11.5 Å². The maximum absolute atomic E-state index is 12.7. The molecule has 32 heavy (non-hydrogen) atoms. The van der Waals surface area contributed by atoms with Crippen LogP contribution in [0.4, 0.5) is 0 Å². The number of methoxy groups -OCH3 is 1. The van der Waals surface area contributed by atoms with Gasteiger partial charge in [0.15, 0.2) is 17.5 Å². The molecule has 0 radical (unpaired) electrons. The van der Waals surface area contributed by atoms with Gasteiger partial charge in [-0.3, -0.25) is 14.7 Å². The first-order valence-corrected chi connectivity index (χ1v) is 11.9. The Kier molecular flexibility index (Phi) is 9.46. The van der Waals surface area contributed by atoms with Crippen molar-refractivity contribution in [2.24, 2.45) is 4.99 Å². The molecule has 1 N–H and O–H groups in total. The zero-order chi connectivity index (χ0) is 22.8. The van der Waals surface area contributed by atoms with Crippen molar-refractivity contribution in [3.05, 3.63) is 24.3 Å². The molecule has 1 atom stereocenters. The topological polar surface area (TPSA) is 69.6 Å². The highest BCUT2D eigenvalue weighted by molar-refractivity contribution is 5.80. The summed E-state index contributed by atoms with van der Waals surface area (Å²) in [5.74, 6) is 2.63. The van der Waals surface area contributed by atoms with Gasteiger partial charge in [-0.15, -0.1) is 0 Å². The maximum Gasteiger partial charge on any atom is 0.236 e. The zero-order valence-electron chi connectivity index (χ0n) is 19.9. The Labute approximate surface area is 192 Å². The second kappa shape index (κ2) is 12.5. The summed E-state index contributed by atoms with van der Waals surface area (Å²) >= 11 is 0. The summed E-state index contributed by atoms with van der Waals surface area (Å²) in [4.78, 5) is 23.7. The SMILES string of the molecule is CN=C(NCC(C)Oc1ccccc1OC)N1CCN(CC(=O)N2CCCCCC2)CC1. The first kappa shape index (κ1) is 24.2.